The fourth-order valence-corrected chi connectivity index (χ4v) is 12.4. The van der Waals surface area contributed by atoms with Crippen LogP contribution in [0.1, 0.15) is 106 Å². The number of aliphatic hydroxyl groups excluding tert-OH is 1. The van der Waals surface area contributed by atoms with Gasteiger partial charge in [0.05, 0.1) is 18.1 Å². The first-order chi connectivity index (χ1) is 21.8. The van der Waals surface area contributed by atoms with E-state index in [0.29, 0.717) is 36.8 Å². The Morgan fingerprint density at radius 3 is 2.48 bits per heavy atom. The van der Waals surface area contributed by atoms with Gasteiger partial charge in [0.15, 0.2) is 5.82 Å². The topological polar surface area (TPSA) is 77.2 Å². The number of nitrogens with zero attached hydrogens (tertiary/aromatic N) is 3. The summed E-state index contributed by atoms with van der Waals surface area (Å²) in [6.45, 7) is 18.1. The third-order valence-electron chi connectivity index (χ3n) is 15.6. The van der Waals surface area contributed by atoms with Crippen molar-refractivity contribution in [2.45, 2.75) is 119 Å². The van der Waals surface area contributed by atoms with Gasteiger partial charge in [-0.1, -0.05) is 90.4 Å². The van der Waals surface area contributed by atoms with Gasteiger partial charge in [0.1, 0.15) is 12.9 Å². The second kappa shape index (κ2) is 11.0. The summed E-state index contributed by atoms with van der Waals surface area (Å²) in [7, 11) is 0. The van der Waals surface area contributed by atoms with Crippen LogP contribution in [0.5, 0.6) is 0 Å². The lowest BCUT2D eigenvalue weighted by Crippen LogP contribution is -2.65. The predicted octanol–water partition coefficient (Wildman–Crippen LogP) is 8.51. The van der Waals surface area contributed by atoms with Gasteiger partial charge in [-0.25, -0.2) is 0 Å². The van der Waals surface area contributed by atoms with E-state index in [9.17, 15) is 9.90 Å². The van der Waals surface area contributed by atoms with E-state index in [-0.39, 0.29) is 39.7 Å². The van der Waals surface area contributed by atoms with E-state index in [4.69, 9.17) is 4.74 Å². The van der Waals surface area contributed by atoms with Crippen molar-refractivity contribution in [1.29, 1.82) is 0 Å². The third-order valence-corrected chi connectivity index (χ3v) is 15.6. The number of carbonyl (C=O) groups is 1. The molecular formula is C40H57N3O3. The van der Waals surface area contributed by atoms with E-state index in [1.165, 1.54) is 12.8 Å². The van der Waals surface area contributed by atoms with Gasteiger partial charge in [0.2, 0.25) is 0 Å². The molecule has 6 heteroatoms. The smallest absolute Gasteiger partial charge is 0.312 e. The van der Waals surface area contributed by atoms with Gasteiger partial charge in [-0.05, 0) is 109 Å². The van der Waals surface area contributed by atoms with Gasteiger partial charge in [-0.3, -0.25) is 4.79 Å². The second-order valence-electron chi connectivity index (χ2n) is 17.5. The molecule has 4 fully saturated rings. The number of fused-ring (bicyclic) bond motifs is 7. The zero-order chi connectivity index (χ0) is 32.7. The quantitative estimate of drug-likeness (QED) is 0.266. The number of aliphatic hydroxyl groups is 1. The van der Waals surface area contributed by atoms with E-state index in [2.05, 4.69) is 64.7 Å². The molecule has 0 unspecified atom stereocenters. The van der Waals surface area contributed by atoms with E-state index in [1.807, 2.05) is 34.9 Å². The van der Waals surface area contributed by atoms with Crippen LogP contribution in [0, 0.1) is 56.7 Å². The first-order valence-corrected chi connectivity index (χ1v) is 18.3. The van der Waals surface area contributed by atoms with Crippen LogP contribution in [0.3, 0.4) is 0 Å². The second-order valence-corrected chi connectivity index (χ2v) is 17.5. The predicted molar refractivity (Wildman–Crippen MR) is 181 cm³/mol. The average Bonchev–Trinajstić information content (AvgIpc) is 3.50. The van der Waals surface area contributed by atoms with Crippen LogP contribution in [0.2, 0.25) is 0 Å². The van der Waals surface area contributed by atoms with Crippen LogP contribution in [0.15, 0.2) is 48.3 Å². The molecule has 5 aliphatic rings. The van der Waals surface area contributed by atoms with Crippen molar-refractivity contribution in [3.8, 4) is 11.4 Å². The molecule has 7 rings (SSSR count). The summed E-state index contributed by atoms with van der Waals surface area (Å²) in [5.74, 6) is 3.20. The molecule has 10 atom stereocenters. The minimum atomic E-state index is -0.450. The summed E-state index contributed by atoms with van der Waals surface area (Å²) < 4.78 is 8.28. The minimum Gasteiger partial charge on any atom is -0.463 e. The van der Waals surface area contributed by atoms with E-state index in [0.717, 1.165) is 56.3 Å². The zero-order valence-corrected chi connectivity index (χ0v) is 29.4. The molecule has 0 saturated heterocycles. The Labute approximate surface area is 276 Å². The van der Waals surface area contributed by atoms with Gasteiger partial charge in [-0.15, -0.1) is 10.2 Å². The molecule has 1 aromatic heterocycles. The molecule has 250 valence electrons. The van der Waals surface area contributed by atoms with Crippen LogP contribution in [0.4, 0.5) is 0 Å². The van der Waals surface area contributed by atoms with Crippen LogP contribution in [0.25, 0.3) is 11.4 Å². The fraction of sp³-hybridized carbons (Fsp3) is 0.725. The standard InChI is InChI=1S/C40H57N3O3/c1-26-15-20-40(35(45)46-24-23-43-25-41-42-34(43)28-11-9-8-10-12-28)22-21-38(6)29(33(40)27(26)2)13-14-31-37(5)18-17-32(44)36(3,4)30(37)16-19-39(31,38)7/h8-13,25-27,30-33,44H,14-24H2,1-7H3/t26-,27+,30+,31-,32+,33+,37+,38-,39-,40+/m1/s1. The van der Waals surface area contributed by atoms with Crippen LogP contribution < -0.4 is 0 Å². The van der Waals surface area contributed by atoms with Gasteiger partial charge in [0.25, 0.3) is 0 Å². The molecule has 2 aromatic rings. The molecule has 4 saturated carbocycles. The van der Waals surface area contributed by atoms with Gasteiger partial charge < -0.3 is 14.4 Å². The lowest BCUT2D eigenvalue weighted by molar-refractivity contribution is -0.207. The SMILES string of the molecule is C[C@H]1[C@H](C)CC[C@]2(C(=O)OCCn3cnnc3-c3ccccc3)CC[C@]3(C)C(=CC[C@@H]4[C@@]5(C)CC[C@H](O)C(C)(C)[C@@H]5CC[C@]43C)[C@H]12. The first-order valence-electron chi connectivity index (χ1n) is 18.3. The number of hydrogen-bond donors (Lipinski definition) is 1. The summed E-state index contributed by atoms with van der Waals surface area (Å²) in [6, 6.07) is 10.1. The van der Waals surface area contributed by atoms with Crippen molar-refractivity contribution in [3.05, 3.63) is 48.3 Å². The maximum absolute atomic E-state index is 14.5. The highest BCUT2D eigenvalue weighted by atomic mass is 16.5. The molecular weight excluding hydrogens is 570 g/mol. The van der Waals surface area contributed by atoms with Gasteiger partial charge >= 0.3 is 5.97 Å². The molecule has 6 nitrogen and oxygen atoms in total. The minimum absolute atomic E-state index is 0.0134. The Kier molecular flexibility index (Phi) is 7.70. The van der Waals surface area contributed by atoms with Crippen LogP contribution in [-0.4, -0.2) is 38.6 Å². The Morgan fingerprint density at radius 1 is 0.957 bits per heavy atom. The van der Waals surface area contributed by atoms with E-state index in [1.54, 1.807) is 11.9 Å². The van der Waals surface area contributed by atoms with Crippen molar-refractivity contribution in [2.75, 3.05) is 6.61 Å². The Bertz CT molecular complexity index is 1500. The summed E-state index contributed by atoms with van der Waals surface area (Å²) in [6.07, 6.45) is 13.7. The molecule has 5 aliphatic carbocycles. The maximum Gasteiger partial charge on any atom is 0.312 e. The lowest BCUT2D eigenvalue weighted by atomic mass is 9.33. The number of benzene rings is 1. The average molecular weight is 628 g/mol. The number of hydrogen-bond acceptors (Lipinski definition) is 5. The lowest BCUT2D eigenvalue weighted by Gasteiger charge is -2.71. The molecule has 1 N–H and O–H groups in total. The Hall–Kier alpha value is -2.47. The molecule has 0 spiro atoms. The van der Waals surface area contributed by atoms with Crippen LogP contribution in [-0.2, 0) is 16.1 Å². The Morgan fingerprint density at radius 2 is 1.72 bits per heavy atom. The number of carbonyl (C=O) groups excluding carboxylic acids is 1. The number of allylic oxidation sites excluding steroid dienone is 2. The van der Waals surface area contributed by atoms with Gasteiger partial charge in [-0.2, -0.15) is 0 Å². The number of aromatic nitrogens is 3. The number of rotatable bonds is 5. The highest BCUT2D eigenvalue weighted by molar-refractivity contribution is 5.79. The summed E-state index contributed by atoms with van der Waals surface area (Å²) in [5, 5.41) is 19.6. The summed E-state index contributed by atoms with van der Waals surface area (Å²) in [5.41, 5.74) is 2.56. The van der Waals surface area contributed by atoms with Crippen molar-refractivity contribution < 1.29 is 14.6 Å². The third kappa shape index (κ3) is 4.40. The Balaban J connectivity index is 1.17. The van der Waals surface area contributed by atoms with Crippen molar-refractivity contribution >= 4 is 5.97 Å². The zero-order valence-electron chi connectivity index (χ0n) is 29.4. The molecule has 1 heterocycles. The van der Waals surface area contributed by atoms with Crippen LogP contribution >= 0.6 is 0 Å². The number of ether oxygens (including phenoxy) is 1. The van der Waals surface area contributed by atoms with Crippen molar-refractivity contribution in [2.24, 2.45) is 56.7 Å². The van der Waals surface area contributed by atoms with E-state index >= 15 is 0 Å². The van der Waals surface area contributed by atoms with Gasteiger partial charge in [0, 0.05) is 5.56 Å². The molecule has 0 bridgehead atoms. The highest BCUT2D eigenvalue weighted by Crippen LogP contribution is 2.75. The summed E-state index contributed by atoms with van der Waals surface area (Å²) >= 11 is 0. The number of esters is 1. The first kappa shape index (κ1) is 32.1. The van der Waals surface area contributed by atoms with E-state index < -0.39 is 5.41 Å². The van der Waals surface area contributed by atoms with Crippen molar-refractivity contribution in [3.63, 3.8) is 0 Å². The maximum atomic E-state index is 14.5. The summed E-state index contributed by atoms with van der Waals surface area (Å²) in [4.78, 5) is 14.5. The molecule has 46 heavy (non-hydrogen) atoms. The fourth-order valence-electron chi connectivity index (χ4n) is 12.4. The largest absolute Gasteiger partial charge is 0.463 e. The molecule has 0 amide bonds. The highest BCUT2D eigenvalue weighted by Gasteiger charge is 2.69. The van der Waals surface area contributed by atoms with Crippen molar-refractivity contribution in [1.82, 2.24) is 14.8 Å². The normalized spacial score (nSPS) is 42.9. The monoisotopic (exact) mass is 627 g/mol. The molecule has 0 radical (unpaired) electrons. The molecule has 1 aromatic carbocycles. The molecule has 0 aliphatic heterocycles.